The van der Waals surface area contributed by atoms with Gasteiger partial charge in [-0.25, -0.2) is 4.98 Å². The third-order valence-corrected chi connectivity index (χ3v) is 3.47. The summed E-state index contributed by atoms with van der Waals surface area (Å²) in [5, 5.41) is 4.41. The molecule has 1 rings (SSSR count). The molecule has 0 aromatic carbocycles. The molecule has 1 aromatic rings. The highest BCUT2D eigenvalue weighted by molar-refractivity contribution is 7.09. The molecule has 0 fully saturated rings. The van der Waals surface area contributed by atoms with Crippen LogP contribution < -0.4 is 5.32 Å². The molecular formula is C11H20ClN3S. The summed E-state index contributed by atoms with van der Waals surface area (Å²) < 4.78 is 4.34. The van der Waals surface area contributed by atoms with Crippen LogP contribution in [0.15, 0.2) is 0 Å². The minimum atomic E-state index is 0.0227. The van der Waals surface area contributed by atoms with E-state index in [0.717, 1.165) is 30.3 Å². The van der Waals surface area contributed by atoms with Crippen molar-refractivity contribution in [3.63, 3.8) is 0 Å². The van der Waals surface area contributed by atoms with Crippen molar-refractivity contribution in [1.29, 1.82) is 0 Å². The fourth-order valence-corrected chi connectivity index (χ4v) is 2.03. The Morgan fingerprint density at radius 2 is 2.12 bits per heavy atom. The van der Waals surface area contributed by atoms with E-state index in [0.29, 0.717) is 0 Å². The minimum absolute atomic E-state index is 0.0227. The van der Waals surface area contributed by atoms with E-state index < -0.39 is 0 Å². The molecule has 0 saturated heterocycles. The van der Waals surface area contributed by atoms with E-state index in [2.05, 4.69) is 42.4 Å². The van der Waals surface area contributed by atoms with Crippen molar-refractivity contribution in [3.8, 4) is 0 Å². The molecule has 92 valence electrons. The van der Waals surface area contributed by atoms with Gasteiger partial charge in [0.25, 0.3) is 0 Å². The van der Waals surface area contributed by atoms with Crippen LogP contribution in [0.1, 0.15) is 46.4 Å². The van der Waals surface area contributed by atoms with Crippen LogP contribution in [0.3, 0.4) is 0 Å². The standard InChI is InChI=1S/C11H20ClN3S/c1-5-8(12)6-7-13-10-14-9(15-16-10)11(2,3)4/h8H,5-7H2,1-4H3,(H,13,14,15). The van der Waals surface area contributed by atoms with Crippen molar-refractivity contribution in [2.75, 3.05) is 11.9 Å². The zero-order chi connectivity index (χ0) is 12.2. The van der Waals surface area contributed by atoms with Crippen LogP contribution in [-0.2, 0) is 5.41 Å². The van der Waals surface area contributed by atoms with Crippen LogP contribution in [-0.4, -0.2) is 21.3 Å². The lowest BCUT2D eigenvalue weighted by atomic mass is 9.96. The minimum Gasteiger partial charge on any atom is -0.360 e. The third kappa shape index (κ3) is 4.26. The lowest BCUT2D eigenvalue weighted by Gasteiger charge is -2.12. The summed E-state index contributed by atoms with van der Waals surface area (Å²) in [7, 11) is 0. The zero-order valence-electron chi connectivity index (χ0n) is 10.4. The maximum Gasteiger partial charge on any atom is 0.202 e. The van der Waals surface area contributed by atoms with E-state index in [1.54, 1.807) is 0 Å². The van der Waals surface area contributed by atoms with Crippen molar-refractivity contribution >= 4 is 28.3 Å². The smallest absolute Gasteiger partial charge is 0.202 e. The zero-order valence-corrected chi connectivity index (χ0v) is 12.0. The highest BCUT2D eigenvalue weighted by Gasteiger charge is 2.19. The van der Waals surface area contributed by atoms with Crippen molar-refractivity contribution in [1.82, 2.24) is 9.36 Å². The third-order valence-electron chi connectivity index (χ3n) is 2.27. The molecule has 1 aromatic heterocycles. The quantitative estimate of drug-likeness (QED) is 0.822. The number of rotatable bonds is 5. The van der Waals surface area contributed by atoms with Gasteiger partial charge in [0.2, 0.25) is 5.13 Å². The molecule has 0 saturated carbocycles. The number of aromatic nitrogens is 2. The Kier molecular flexibility index (Phi) is 4.99. The summed E-state index contributed by atoms with van der Waals surface area (Å²) >= 11 is 7.46. The van der Waals surface area contributed by atoms with E-state index in [1.165, 1.54) is 11.5 Å². The van der Waals surface area contributed by atoms with E-state index in [-0.39, 0.29) is 10.8 Å². The Morgan fingerprint density at radius 3 is 2.62 bits per heavy atom. The number of halogens is 1. The van der Waals surface area contributed by atoms with Gasteiger partial charge >= 0.3 is 0 Å². The normalized spacial score (nSPS) is 13.8. The Bertz CT molecular complexity index is 319. The van der Waals surface area contributed by atoms with Gasteiger partial charge in [-0.2, -0.15) is 4.37 Å². The molecule has 0 aliphatic rings. The molecule has 0 bridgehead atoms. The van der Waals surface area contributed by atoms with Crippen molar-refractivity contribution < 1.29 is 0 Å². The van der Waals surface area contributed by atoms with E-state index in [9.17, 15) is 0 Å². The molecule has 0 radical (unpaired) electrons. The van der Waals surface area contributed by atoms with Crippen LogP contribution in [0, 0.1) is 0 Å². The molecule has 16 heavy (non-hydrogen) atoms. The van der Waals surface area contributed by atoms with E-state index in [4.69, 9.17) is 11.6 Å². The van der Waals surface area contributed by atoms with Crippen LogP contribution >= 0.6 is 23.1 Å². The second kappa shape index (κ2) is 5.82. The second-order valence-electron chi connectivity index (χ2n) is 4.89. The summed E-state index contributed by atoms with van der Waals surface area (Å²) in [5.74, 6) is 0.901. The molecule has 5 heteroatoms. The lowest BCUT2D eigenvalue weighted by molar-refractivity contribution is 0.555. The lowest BCUT2D eigenvalue weighted by Crippen LogP contribution is -2.13. The van der Waals surface area contributed by atoms with Crippen LogP contribution in [0.2, 0.25) is 0 Å². The van der Waals surface area contributed by atoms with Gasteiger partial charge in [-0.3, -0.25) is 0 Å². The monoisotopic (exact) mass is 261 g/mol. The molecule has 0 amide bonds. The maximum atomic E-state index is 6.04. The molecule has 1 heterocycles. The van der Waals surface area contributed by atoms with Crippen LogP contribution in [0.25, 0.3) is 0 Å². The summed E-state index contributed by atoms with van der Waals surface area (Å²) in [6, 6.07) is 0. The molecule has 1 atom stereocenters. The SMILES string of the molecule is CCC(Cl)CCNc1nc(C(C)(C)C)ns1. The average molecular weight is 262 g/mol. The molecular weight excluding hydrogens is 242 g/mol. The van der Waals surface area contributed by atoms with E-state index in [1.807, 2.05) is 0 Å². The van der Waals surface area contributed by atoms with Gasteiger partial charge in [0.15, 0.2) is 0 Å². The van der Waals surface area contributed by atoms with Crippen LogP contribution in [0.5, 0.6) is 0 Å². The fraction of sp³-hybridized carbons (Fsp3) is 0.818. The average Bonchev–Trinajstić information content (AvgIpc) is 2.65. The first-order valence-corrected chi connectivity index (χ1v) is 6.86. The number of nitrogens with zero attached hydrogens (tertiary/aromatic N) is 2. The highest BCUT2D eigenvalue weighted by Crippen LogP contribution is 2.22. The van der Waals surface area contributed by atoms with Gasteiger partial charge in [-0.15, -0.1) is 11.6 Å². The van der Waals surface area contributed by atoms with Gasteiger partial charge in [0.05, 0.1) is 0 Å². The number of nitrogens with one attached hydrogen (secondary N) is 1. The Labute approximate surface area is 107 Å². The summed E-state index contributed by atoms with van der Waals surface area (Å²) in [5.41, 5.74) is 0.0227. The fourth-order valence-electron chi connectivity index (χ4n) is 1.14. The molecule has 0 aliphatic heterocycles. The molecule has 0 spiro atoms. The predicted molar refractivity (Wildman–Crippen MR) is 71.6 cm³/mol. The first kappa shape index (κ1) is 13.7. The van der Waals surface area contributed by atoms with Crippen molar-refractivity contribution in [3.05, 3.63) is 5.82 Å². The topological polar surface area (TPSA) is 37.8 Å². The Balaban J connectivity index is 2.41. The van der Waals surface area contributed by atoms with Crippen LogP contribution in [0.4, 0.5) is 5.13 Å². The largest absolute Gasteiger partial charge is 0.360 e. The highest BCUT2D eigenvalue weighted by atomic mass is 35.5. The van der Waals surface area contributed by atoms with Gasteiger partial charge in [-0.05, 0) is 12.8 Å². The van der Waals surface area contributed by atoms with Crippen molar-refractivity contribution in [2.45, 2.75) is 51.3 Å². The molecule has 3 nitrogen and oxygen atoms in total. The summed E-state index contributed by atoms with van der Waals surface area (Å²) in [6.07, 6.45) is 1.97. The number of alkyl halides is 1. The second-order valence-corrected chi connectivity index (χ2v) is 6.26. The Morgan fingerprint density at radius 1 is 1.44 bits per heavy atom. The Hall–Kier alpha value is -0.350. The number of hydrogen-bond acceptors (Lipinski definition) is 4. The number of anilines is 1. The predicted octanol–water partition coefficient (Wildman–Crippen LogP) is 3.66. The number of hydrogen-bond donors (Lipinski definition) is 1. The first-order valence-electron chi connectivity index (χ1n) is 5.65. The van der Waals surface area contributed by atoms with Gasteiger partial charge in [-0.1, -0.05) is 27.7 Å². The first-order chi connectivity index (χ1) is 7.43. The molecule has 1 unspecified atom stereocenters. The van der Waals surface area contributed by atoms with Gasteiger partial charge < -0.3 is 5.32 Å². The molecule has 1 N–H and O–H groups in total. The summed E-state index contributed by atoms with van der Waals surface area (Å²) in [6.45, 7) is 9.31. The van der Waals surface area contributed by atoms with Gasteiger partial charge in [0, 0.05) is 28.9 Å². The maximum absolute atomic E-state index is 6.04. The summed E-state index contributed by atoms with van der Waals surface area (Å²) in [4.78, 5) is 4.46. The van der Waals surface area contributed by atoms with E-state index >= 15 is 0 Å². The molecule has 0 aliphatic carbocycles. The van der Waals surface area contributed by atoms with Crippen molar-refractivity contribution in [2.24, 2.45) is 0 Å². The van der Waals surface area contributed by atoms with Gasteiger partial charge in [0.1, 0.15) is 5.82 Å².